The van der Waals surface area contributed by atoms with Crippen LogP contribution in [0.25, 0.3) is 11.1 Å². The summed E-state index contributed by atoms with van der Waals surface area (Å²) in [5.74, 6) is 0. The fraction of sp³-hybridized carbons (Fsp3) is 0.0769. The average molecular weight is 248 g/mol. The van der Waals surface area contributed by atoms with E-state index in [1.54, 1.807) is 6.07 Å². The number of benzene rings is 1. The molecule has 1 aromatic carbocycles. The molecule has 0 saturated carbocycles. The molecule has 0 spiro atoms. The summed E-state index contributed by atoms with van der Waals surface area (Å²) < 4.78 is 37.2. The van der Waals surface area contributed by atoms with Crippen LogP contribution in [0.1, 0.15) is 11.1 Å². The lowest BCUT2D eigenvalue weighted by Gasteiger charge is -2.07. The number of alkyl halides is 3. The van der Waals surface area contributed by atoms with E-state index in [0.717, 1.165) is 12.1 Å². The van der Waals surface area contributed by atoms with Crippen molar-refractivity contribution in [3.05, 3.63) is 53.9 Å². The highest BCUT2D eigenvalue weighted by atomic mass is 19.4. The average Bonchev–Trinajstić information content (AvgIpc) is 2.38. The maximum Gasteiger partial charge on any atom is 0.416 e. The minimum Gasteiger partial charge on any atom is -0.263 e. The topological polar surface area (TPSA) is 36.7 Å². The van der Waals surface area contributed by atoms with Crippen LogP contribution in [0.3, 0.4) is 0 Å². The van der Waals surface area contributed by atoms with Gasteiger partial charge in [0.2, 0.25) is 0 Å². The van der Waals surface area contributed by atoms with Crippen molar-refractivity contribution in [2.45, 2.75) is 6.18 Å². The molecule has 1 aromatic heterocycles. The Morgan fingerprint density at radius 3 is 2.22 bits per heavy atom. The molecule has 0 unspecified atom stereocenters. The zero-order chi connectivity index (χ0) is 13.2. The number of halogens is 3. The monoisotopic (exact) mass is 248 g/mol. The summed E-state index contributed by atoms with van der Waals surface area (Å²) >= 11 is 0. The van der Waals surface area contributed by atoms with E-state index in [-0.39, 0.29) is 0 Å². The molecule has 0 fully saturated rings. The molecule has 18 heavy (non-hydrogen) atoms. The normalized spacial score (nSPS) is 11.0. The predicted octanol–water partition coefficient (Wildman–Crippen LogP) is 3.64. The van der Waals surface area contributed by atoms with Gasteiger partial charge in [0.1, 0.15) is 6.07 Å². The van der Waals surface area contributed by atoms with Gasteiger partial charge in [-0.3, -0.25) is 4.98 Å². The van der Waals surface area contributed by atoms with Crippen LogP contribution >= 0.6 is 0 Å². The molecule has 0 N–H and O–H groups in total. The van der Waals surface area contributed by atoms with E-state index >= 15 is 0 Å². The molecule has 2 aromatic rings. The Morgan fingerprint density at radius 1 is 1.00 bits per heavy atom. The fourth-order valence-electron chi connectivity index (χ4n) is 1.51. The van der Waals surface area contributed by atoms with Gasteiger partial charge in [-0.1, -0.05) is 12.1 Å². The number of aromatic nitrogens is 1. The third-order valence-corrected chi connectivity index (χ3v) is 2.41. The third-order valence-electron chi connectivity index (χ3n) is 2.41. The summed E-state index contributed by atoms with van der Waals surface area (Å²) in [5.41, 5.74) is 0.874. The Morgan fingerprint density at radius 2 is 1.67 bits per heavy atom. The number of nitriles is 1. The molecule has 0 aliphatic carbocycles. The van der Waals surface area contributed by atoms with Crippen LogP contribution < -0.4 is 0 Å². The van der Waals surface area contributed by atoms with Gasteiger partial charge in [0.25, 0.3) is 0 Å². The second kappa shape index (κ2) is 4.49. The summed E-state index contributed by atoms with van der Waals surface area (Å²) in [5, 5.41) is 8.72. The first kappa shape index (κ1) is 12.1. The van der Waals surface area contributed by atoms with E-state index in [1.807, 2.05) is 6.07 Å². The van der Waals surface area contributed by atoms with E-state index in [9.17, 15) is 13.2 Å². The first-order valence-corrected chi connectivity index (χ1v) is 5.03. The number of nitrogens with zero attached hydrogens (tertiary/aromatic N) is 2. The van der Waals surface area contributed by atoms with Crippen LogP contribution in [0.2, 0.25) is 0 Å². The zero-order valence-electron chi connectivity index (χ0n) is 9.07. The Kier molecular flexibility index (Phi) is 3.02. The summed E-state index contributed by atoms with van der Waals surface area (Å²) in [7, 11) is 0. The molecule has 5 heteroatoms. The molecule has 0 radical (unpaired) electrons. The highest BCUT2D eigenvalue weighted by Gasteiger charge is 2.29. The largest absolute Gasteiger partial charge is 0.416 e. The van der Waals surface area contributed by atoms with E-state index in [2.05, 4.69) is 4.98 Å². The molecule has 0 amide bonds. The van der Waals surface area contributed by atoms with Crippen molar-refractivity contribution in [2.24, 2.45) is 0 Å². The summed E-state index contributed by atoms with van der Waals surface area (Å²) in [6, 6.07) is 8.25. The first-order chi connectivity index (χ1) is 8.50. The Labute approximate surface area is 101 Å². The van der Waals surface area contributed by atoms with Gasteiger partial charge >= 0.3 is 6.18 Å². The van der Waals surface area contributed by atoms with Crippen molar-refractivity contribution in [1.29, 1.82) is 5.26 Å². The summed E-state index contributed by atoms with van der Waals surface area (Å²) in [6.45, 7) is 0. The van der Waals surface area contributed by atoms with Gasteiger partial charge < -0.3 is 0 Å². The Balaban J connectivity index is 2.38. The molecule has 1 heterocycles. The number of hydrogen-bond donors (Lipinski definition) is 0. The van der Waals surface area contributed by atoms with E-state index in [0.29, 0.717) is 16.7 Å². The van der Waals surface area contributed by atoms with Gasteiger partial charge in [-0.2, -0.15) is 18.4 Å². The van der Waals surface area contributed by atoms with Crippen LogP contribution in [0.15, 0.2) is 42.7 Å². The number of hydrogen-bond acceptors (Lipinski definition) is 2. The van der Waals surface area contributed by atoms with Crippen molar-refractivity contribution in [1.82, 2.24) is 4.98 Å². The van der Waals surface area contributed by atoms with Crippen LogP contribution in [-0.2, 0) is 6.18 Å². The molecule has 90 valence electrons. The van der Waals surface area contributed by atoms with E-state index in [4.69, 9.17) is 5.26 Å². The fourth-order valence-corrected chi connectivity index (χ4v) is 1.51. The van der Waals surface area contributed by atoms with Crippen molar-refractivity contribution in [3.8, 4) is 17.2 Å². The smallest absolute Gasteiger partial charge is 0.263 e. The molecular weight excluding hydrogens is 241 g/mol. The predicted molar refractivity (Wildman–Crippen MR) is 59.4 cm³/mol. The minimum absolute atomic E-state index is 0.368. The SMILES string of the molecule is N#Cc1cncc(-c2ccc(C(F)(F)F)cc2)c1. The van der Waals surface area contributed by atoms with Crippen molar-refractivity contribution < 1.29 is 13.2 Å². The Hall–Kier alpha value is -2.35. The summed E-state index contributed by atoms with van der Waals surface area (Å²) in [6.07, 6.45) is -1.44. The highest BCUT2D eigenvalue weighted by Crippen LogP contribution is 2.30. The van der Waals surface area contributed by atoms with Crippen molar-refractivity contribution in [2.75, 3.05) is 0 Å². The van der Waals surface area contributed by atoms with Gasteiger partial charge in [0.05, 0.1) is 11.1 Å². The van der Waals surface area contributed by atoms with Gasteiger partial charge in [0.15, 0.2) is 0 Å². The second-order valence-electron chi connectivity index (χ2n) is 3.65. The maximum atomic E-state index is 12.4. The molecule has 2 rings (SSSR count). The quantitative estimate of drug-likeness (QED) is 0.772. The molecule has 0 aliphatic rings. The third kappa shape index (κ3) is 2.48. The van der Waals surface area contributed by atoms with Crippen LogP contribution in [0.5, 0.6) is 0 Å². The second-order valence-corrected chi connectivity index (χ2v) is 3.65. The van der Waals surface area contributed by atoms with Gasteiger partial charge in [-0.25, -0.2) is 0 Å². The number of rotatable bonds is 1. The highest BCUT2D eigenvalue weighted by molar-refractivity contribution is 5.64. The van der Waals surface area contributed by atoms with Gasteiger partial charge in [-0.15, -0.1) is 0 Å². The standard InChI is InChI=1S/C13H7F3N2/c14-13(15,16)12-3-1-10(2-4-12)11-5-9(6-17)7-18-8-11/h1-5,7-8H. The minimum atomic E-state index is -4.34. The lowest BCUT2D eigenvalue weighted by Crippen LogP contribution is -2.03. The number of pyridine rings is 1. The van der Waals surface area contributed by atoms with Crippen LogP contribution in [-0.4, -0.2) is 4.98 Å². The molecule has 0 aliphatic heterocycles. The van der Waals surface area contributed by atoms with E-state index in [1.165, 1.54) is 24.5 Å². The van der Waals surface area contributed by atoms with Gasteiger partial charge in [-0.05, 0) is 23.8 Å². The molecule has 0 bridgehead atoms. The van der Waals surface area contributed by atoms with Crippen molar-refractivity contribution in [3.63, 3.8) is 0 Å². The zero-order valence-corrected chi connectivity index (χ0v) is 9.07. The molecule has 2 nitrogen and oxygen atoms in total. The molecule has 0 saturated heterocycles. The lowest BCUT2D eigenvalue weighted by atomic mass is 10.0. The van der Waals surface area contributed by atoms with Crippen LogP contribution in [0.4, 0.5) is 13.2 Å². The summed E-state index contributed by atoms with van der Waals surface area (Å²) in [4.78, 5) is 3.86. The Bertz CT molecular complexity index is 595. The van der Waals surface area contributed by atoms with Crippen LogP contribution in [0, 0.1) is 11.3 Å². The molecular formula is C13H7F3N2. The first-order valence-electron chi connectivity index (χ1n) is 5.03. The lowest BCUT2D eigenvalue weighted by molar-refractivity contribution is -0.137. The maximum absolute atomic E-state index is 12.4. The molecule has 0 atom stereocenters. The van der Waals surface area contributed by atoms with E-state index < -0.39 is 11.7 Å². The van der Waals surface area contributed by atoms with Crippen molar-refractivity contribution >= 4 is 0 Å². The van der Waals surface area contributed by atoms with Gasteiger partial charge in [0, 0.05) is 18.0 Å².